The molecule has 0 heteroatoms. The molecule has 0 N–H and O–H groups in total. The molecule has 0 saturated heterocycles. The van der Waals surface area contributed by atoms with Gasteiger partial charge >= 0.3 is 0 Å². The predicted molar refractivity (Wildman–Crippen MR) is 41.1 cm³/mol. The first-order valence-electron chi connectivity index (χ1n) is 4.08. The van der Waals surface area contributed by atoms with Crippen LogP contribution in [-0.2, 0) is 0 Å². The summed E-state index contributed by atoms with van der Waals surface area (Å²) in [4.78, 5) is 0. The zero-order valence-corrected chi connectivity index (χ0v) is 6.61. The first kappa shape index (κ1) is 7.11. The smallest absolute Gasteiger partial charge is 0.0274 e. The molecule has 0 amide bonds. The third kappa shape index (κ3) is 1.28. The molecule has 1 aliphatic carbocycles. The maximum Gasteiger partial charge on any atom is -0.0274 e. The molecule has 0 aliphatic heterocycles. The minimum Gasteiger partial charge on any atom is -0.0648 e. The summed E-state index contributed by atoms with van der Waals surface area (Å²) in [6.07, 6.45) is 5.39. The molecule has 0 aromatic heterocycles. The quantitative estimate of drug-likeness (QED) is 0.544. The molecule has 1 aliphatic rings. The van der Waals surface area contributed by atoms with Gasteiger partial charge in [0.25, 0.3) is 0 Å². The highest BCUT2D eigenvalue weighted by molar-refractivity contribution is 4.93. The first-order chi connectivity index (χ1) is 4.23. The summed E-state index contributed by atoms with van der Waals surface area (Å²) >= 11 is 0. The van der Waals surface area contributed by atoms with Gasteiger partial charge in [-0.15, -0.1) is 0 Å². The van der Waals surface area contributed by atoms with E-state index in [1.54, 1.807) is 0 Å². The van der Waals surface area contributed by atoms with Crippen LogP contribution in [-0.4, -0.2) is 0 Å². The van der Waals surface area contributed by atoms with Crippen LogP contribution in [0.4, 0.5) is 0 Å². The van der Waals surface area contributed by atoms with Crippen molar-refractivity contribution in [3.63, 3.8) is 0 Å². The highest BCUT2D eigenvalue weighted by atomic mass is 14.4. The largest absolute Gasteiger partial charge is 0.0648 e. The third-order valence-electron chi connectivity index (χ3n) is 2.85. The van der Waals surface area contributed by atoms with Crippen LogP contribution in [0.15, 0.2) is 0 Å². The van der Waals surface area contributed by atoms with E-state index in [-0.39, 0.29) is 0 Å². The number of hydrogen-bond donors (Lipinski definition) is 0. The van der Waals surface area contributed by atoms with Crippen molar-refractivity contribution < 1.29 is 0 Å². The summed E-state index contributed by atoms with van der Waals surface area (Å²) in [5.74, 6) is 0.965. The Morgan fingerprint density at radius 3 is 1.89 bits per heavy atom. The van der Waals surface area contributed by atoms with Crippen LogP contribution in [0.5, 0.6) is 0 Å². The molecule has 0 aromatic rings. The lowest BCUT2D eigenvalue weighted by atomic mass is 9.80. The fourth-order valence-corrected chi connectivity index (χ4v) is 1.52. The van der Waals surface area contributed by atoms with Gasteiger partial charge in [0.1, 0.15) is 0 Å². The van der Waals surface area contributed by atoms with E-state index >= 15 is 0 Å². The minimum atomic E-state index is 0.444. The van der Waals surface area contributed by atoms with Gasteiger partial charge in [-0.2, -0.15) is 0 Å². The second-order valence-electron chi connectivity index (χ2n) is 3.34. The maximum atomic E-state index is 4.27. The topological polar surface area (TPSA) is 0 Å². The van der Waals surface area contributed by atoms with Gasteiger partial charge in [-0.25, -0.2) is 0 Å². The van der Waals surface area contributed by atoms with Gasteiger partial charge in [0.05, 0.1) is 0 Å². The first-order valence-corrected chi connectivity index (χ1v) is 4.08. The lowest BCUT2D eigenvalue weighted by Gasteiger charge is -2.25. The van der Waals surface area contributed by atoms with Crippen LogP contribution in [0.3, 0.4) is 0 Å². The molecule has 1 radical (unpaired) electrons. The highest BCUT2D eigenvalue weighted by Crippen LogP contribution is 2.48. The van der Waals surface area contributed by atoms with E-state index in [9.17, 15) is 0 Å². The molecule has 9 heavy (non-hydrogen) atoms. The van der Waals surface area contributed by atoms with Crippen molar-refractivity contribution in [3.8, 4) is 0 Å². The molecule has 0 bridgehead atoms. The lowest BCUT2D eigenvalue weighted by molar-refractivity contribution is 0.296. The lowest BCUT2D eigenvalue weighted by Crippen LogP contribution is -2.16. The molecule has 0 heterocycles. The highest BCUT2D eigenvalue weighted by Gasteiger charge is 2.38. The van der Waals surface area contributed by atoms with Crippen molar-refractivity contribution in [3.05, 3.63) is 6.92 Å². The summed E-state index contributed by atoms with van der Waals surface area (Å²) in [5, 5.41) is 0. The Balaban J connectivity index is 2.43. The normalized spacial score (nSPS) is 20.3. The SMILES string of the molecule is [CH2]C(CC)(CC)C1CC1. The van der Waals surface area contributed by atoms with E-state index < -0.39 is 0 Å². The van der Waals surface area contributed by atoms with E-state index in [4.69, 9.17) is 0 Å². The summed E-state index contributed by atoms with van der Waals surface area (Å²) in [6, 6.07) is 0. The Morgan fingerprint density at radius 2 is 1.78 bits per heavy atom. The Hall–Kier alpha value is 0. The third-order valence-corrected chi connectivity index (χ3v) is 2.85. The second kappa shape index (κ2) is 2.32. The second-order valence-corrected chi connectivity index (χ2v) is 3.34. The van der Waals surface area contributed by atoms with Gasteiger partial charge in [-0.1, -0.05) is 26.7 Å². The van der Waals surface area contributed by atoms with Crippen molar-refractivity contribution in [2.24, 2.45) is 11.3 Å². The van der Waals surface area contributed by atoms with Gasteiger partial charge in [0.2, 0.25) is 0 Å². The van der Waals surface area contributed by atoms with Gasteiger partial charge in [0, 0.05) is 0 Å². The molecule has 1 saturated carbocycles. The Kier molecular flexibility index (Phi) is 1.83. The molecule has 0 nitrogen and oxygen atoms in total. The number of rotatable bonds is 3. The van der Waals surface area contributed by atoms with E-state index in [1.807, 2.05) is 0 Å². The van der Waals surface area contributed by atoms with Crippen LogP contribution in [0.25, 0.3) is 0 Å². The van der Waals surface area contributed by atoms with Crippen LogP contribution in [0.1, 0.15) is 39.5 Å². The molecule has 0 aromatic carbocycles. The van der Waals surface area contributed by atoms with E-state index in [2.05, 4.69) is 20.8 Å². The summed E-state index contributed by atoms with van der Waals surface area (Å²) in [7, 11) is 0. The van der Waals surface area contributed by atoms with Gasteiger partial charge in [-0.3, -0.25) is 0 Å². The predicted octanol–water partition coefficient (Wildman–Crippen LogP) is 3.04. The molecular formula is C9H17. The fraction of sp³-hybridized carbons (Fsp3) is 0.889. The monoisotopic (exact) mass is 125 g/mol. The van der Waals surface area contributed by atoms with E-state index in [0.29, 0.717) is 5.41 Å². The Labute approximate surface area is 58.7 Å². The molecule has 1 fully saturated rings. The van der Waals surface area contributed by atoms with Crippen molar-refractivity contribution in [1.82, 2.24) is 0 Å². The molecule has 0 spiro atoms. The van der Waals surface area contributed by atoms with E-state index in [0.717, 1.165) is 5.92 Å². The Morgan fingerprint density at radius 1 is 1.33 bits per heavy atom. The molecule has 53 valence electrons. The van der Waals surface area contributed by atoms with Gasteiger partial charge < -0.3 is 0 Å². The molecule has 0 unspecified atom stereocenters. The zero-order chi connectivity index (χ0) is 6.91. The number of hydrogen-bond acceptors (Lipinski definition) is 0. The van der Waals surface area contributed by atoms with Crippen LogP contribution in [0.2, 0.25) is 0 Å². The van der Waals surface area contributed by atoms with Gasteiger partial charge in [0.15, 0.2) is 0 Å². The minimum absolute atomic E-state index is 0.444. The summed E-state index contributed by atoms with van der Waals surface area (Å²) in [6.45, 7) is 8.79. The molecule has 1 rings (SSSR count). The average Bonchev–Trinajstić information content (AvgIpc) is 2.68. The van der Waals surface area contributed by atoms with Crippen molar-refractivity contribution in [1.29, 1.82) is 0 Å². The van der Waals surface area contributed by atoms with Crippen LogP contribution in [0, 0.1) is 18.3 Å². The fourth-order valence-electron chi connectivity index (χ4n) is 1.52. The van der Waals surface area contributed by atoms with Crippen molar-refractivity contribution in [2.75, 3.05) is 0 Å². The standard InChI is InChI=1S/C9H17/c1-4-9(3,5-2)8-6-7-8/h8H,3-7H2,1-2H3. The van der Waals surface area contributed by atoms with Crippen molar-refractivity contribution in [2.45, 2.75) is 39.5 Å². The molecular weight excluding hydrogens is 108 g/mol. The van der Waals surface area contributed by atoms with Crippen LogP contribution >= 0.6 is 0 Å². The van der Waals surface area contributed by atoms with Crippen LogP contribution < -0.4 is 0 Å². The van der Waals surface area contributed by atoms with Crippen molar-refractivity contribution >= 4 is 0 Å². The van der Waals surface area contributed by atoms with E-state index in [1.165, 1.54) is 25.7 Å². The summed E-state index contributed by atoms with van der Waals surface area (Å²) in [5.41, 5.74) is 0.444. The molecule has 0 atom stereocenters. The Bertz CT molecular complexity index is 86.2. The summed E-state index contributed by atoms with van der Waals surface area (Å²) < 4.78 is 0. The maximum absolute atomic E-state index is 4.27. The zero-order valence-electron chi connectivity index (χ0n) is 6.61. The average molecular weight is 125 g/mol. The van der Waals surface area contributed by atoms with Gasteiger partial charge in [-0.05, 0) is 31.1 Å².